The zero-order valence-corrected chi connectivity index (χ0v) is 8.04. The van der Waals surface area contributed by atoms with Gasteiger partial charge in [-0.2, -0.15) is 12.7 Å². The highest BCUT2D eigenvalue weighted by molar-refractivity contribution is 7.86. The zero-order chi connectivity index (χ0) is 10.3. The first-order chi connectivity index (χ1) is 5.78. The van der Waals surface area contributed by atoms with E-state index in [1.807, 2.05) is 0 Å². The van der Waals surface area contributed by atoms with E-state index >= 15 is 0 Å². The third-order valence-electron chi connectivity index (χ3n) is 2.34. The van der Waals surface area contributed by atoms with Crippen molar-refractivity contribution >= 4 is 16.2 Å². The number of carbonyl (C=O) groups is 1. The molecule has 6 nitrogen and oxygen atoms in total. The molecule has 0 saturated carbocycles. The number of carboxylic acid groups (broad SMARTS) is 1. The van der Waals surface area contributed by atoms with E-state index in [4.69, 9.17) is 10.2 Å². The highest BCUT2D eigenvalue weighted by Crippen LogP contribution is 2.30. The Balaban J connectivity index is 3.07. The molecule has 1 saturated heterocycles. The molecule has 1 rings (SSSR count). The minimum absolute atomic E-state index is 0.182. The van der Waals surface area contributed by atoms with Gasteiger partial charge in [-0.15, -0.1) is 0 Å². The molecule has 1 unspecified atom stereocenters. The van der Waals surface area contributed by atoms with Gasteiger partial charge >= 0.3 is 5.97 Å². The largest absolute Gasteiger partial charge is 0.480 e. The van der Waals surface area contributed by atoms with E-state index in [-0.39, 0.29) is 6.54 Å². The van der Waals surface area contributed by atoms with Gasteiger partial charge < -0.3 is 5.11 Å². The first kappa shape index (κ1) is 10.4. The summed E-state index contributed by atoms with van der Waals surface area (Å²) >= 11 is 0. The number of carboxylic acids is 1. The fourth-order valence-corrected chi connectivity index (χ4v) is 2.67. The molecule has 1 heterocycles. The van der Waals surface area contributed by atoms with Gasteiger partial charge in [-0.1, -0.05) is 0 Å². The van der Waals surface area contributed by atoms with Crippen molar-refractivity contribution < 1.29 is 18.3 Å². The summed E-state index contributed by atoms with van der Waals surface area (Å²) in [5, 5.41) is 13.7. The quantitative estimate of drug-likeness (QED) is 0.615. The van der Waals surface area contributed by atoms with Crippen LogP contribution in [0, 0.1) is 0 Å². The minimum Gasteiger partial charge on any atom is -0.480 e. The molecule has 3 N–H and O–H groups in total. The topological polar surface area (TPSA) is 101 Å². The van der Waals surface area contributed by atoms with Crippen molar-refractivity contribution in [3.05, 3.63) is 0 Å². The number of hydrogen-bond acceptors (Lipinski definition) is 3. The Kier molecular flexibility index (Phi) is 2.35. The van der Waals surface area contributed by atoms with Crippen molar-refractivity contribution in [1.29, 1.82) is 0 Å². The molecule has 1 aliphatic rings. The van der Waals surface area contributed by atoms with Crippen LogP contribution < -0.4 is 5.14 Å². The van der Waals surface area contributed by atoms with Crippen molar-refractivity contribution in [3.63, 3.8) is 0 Å². The van der Waals surface area contributed by atoms with Crippen LogP contribution in [0.5, 0.6) is 0 Å². The molecule has 0 aliphatic carbocycles. The lowest BCUT2D eigenvalue weighted by Crippen LogP contribution is -2.52. The van der Waals surface area contributed by atoms with Crippen LogP contribution in [0.4, 0.5) is 0 Å². The van der Waals surface area contributed by atoms with Gasteiger partial charge in [0, 0.05) is 6.54 Å². The maximum Gasteiger partial charge on any atom is 0.324 e. The molecule has 0 aromatic heterocycles. The predicted octanol–water partition coefficient (Wildman–Crippen LogP) is -0.871. The summed E-state index contributed by atoms with van der Waals surface area (Å²) in [6.07, 6.45) is 0.831. The van der Waals surface area contributed by atoms with Gasteiger partial charge in [-0.3, -0.25) is 4.79 Å². The van der Waals surface area contributed by atoms with Crippen molar-refractivity contribution in [1.82, 2.24) is 4.31 Å². The molecule has 1 fully saturated rings. The van der Waals surface area contributed by atoms with Gasteiger partial charge in [-0.05, 0) is 19.8 Å². The van der Waals surface area contributed by atoms with Crippen LogP contribution in [0.1, 0.15) is 19.8 Å². The predicted molar refractivity (Wildman–Crippen MR) is 45.1 cm³/mol. The van der Waals surface area contributed by atoms with Crippen molar-refractivity contribution in [2.24, 2.45) is 5.14 Å². The lowest BCUT2D eigenvalue weighted by atomic mass is 10.0. The van der Waals surface area contributed by atoms with Gasteiger partial charge in [0.15, 0.2) is 0 Å². The smallest absolute Gasteiger partial charge is 0.324 e. The number of hydrogen-bond donors (Lipinski definition) is 2. The lowest BCUT2D eigenvalue weighted by Gasteiger charge is -2.28. The Hall–Kier alpha value is -0.660. The van der Waals surface area contributed by atoms with Gasteiger partial charge in [0.2, 0.25) is 0 Å². The average molecular weight is 208 g/mol. The average Bonchev–Trinajstić information content (AvgIpc) is 2.31. The lowest BCUT2D eigenvalue weighted by molar-refractivity contribution is -0.146. The number of nitrogens with zero attached hydrogens (tertiary/aromatic N) is 1. The fraction of sp³-hybridized carbons (Fsp3) is 0.833. The second-order valence-corrected chi connectivity index (χ2v) is 4.77. The Morgan fingerprint density at radius 3 is 2.46 bits per heavy atom. The summed E-state index contributed by atoms with van der Waals surface area (Å²) < 4.78 is 22.8. The van der Waals surface area contributed by atoms with E-state index in [1.165, 1.54) is 6.92 Å². The van der Waals surface area contributed by atoms with Crippen LogP contribution >= 0.6 is 0 Å². The molecule has 1 atom stereocenters. The summed E-state index contributed by atoms with van der Waals surface area (Å²) in [7, 11) is -3.90. The third kappa shape index (κ3) is 1.67. The van der Waals surface area contributed by atoms with Gasteiger partial charge in [0.05, 0.1) is 0 Å². The molecule has 0 aromatic rings. The summed E-state index contributed by atoms with van der Waals surface area (Å²) in [6, 6.07) is 0. The maximum absolute atomic E-state index is 11.0. The molecular weight excluding hydrogens is 196 g/mol. The Morgan fingerprint density at radius 1 is 1.62 bits per heavy atom. The molecule has 13 heavy (non-hydrogen) atoms. The van der Waals surface area contributed by atoms with Crippen molar-refractivity contribution in [2.75, 3.05) is 6.54 Å². The van der Waals surface area contributed by atoms with Gasteiger partial charge in [-0.25, -0.2) is 5.14 Å². The molecular formula is C6H12N2O4S. The summed E-state index contributed by atoms with van der Waals surface area (Å²) in [6.45, 7) is 1.55. The fourth-order valence-electron chi connectivity index (χ4n) is 1.56. The van der Waals surface area contributed by atoms with Crippen molar-refractivity contribution in [3.8, 4) is 0 Å². The van der Waals surface area contributed by atoms with Gasteiger partial charge in [0.25, 0.3) is 10.2 Å². The second kappa shape index (κ2) is 2.93. The highest BCUT2D eigenvalue weighted by Gasteiger charge is 2.48. The van der Waals surface area contributed by atoms with Crippen LogP contribution in [0.2, 0.25) is 0 Å². The Bertz CT molecular complexity index is 326. The third-order valence-corrected chi connectivity index (χ3v) is 3.54. The highest BCUT2D eigenvalue weighted by atomic mass is 32.2. The molecule has 76 valence electrons. The summed E-state index contributed by atoms with van der Waals surface area (Å²) in [4.78, 5) is 10.8. The van der Waals surface area contributed by atoms with Crippen molar-refractivity contribution in [2.45, 2.75) is 25.3 Å². The van der Waals surface area contributed by atoms with E-state index in [0.717, 1.165) is 4.31 Å². The first-order valence-electron chi connectivity index (χ1n) is 3.82. The minimum atomic E-state index is -3.90. The Labute approximate surface area is 76.5 Å². The summed E-state index contributed by atoms with van der Waals surface area (Å²) in [5.41, 5.74) is -1.37. The van der Waals surface area contributed by atoms with E-state index < -0.39 is 21.7 Å². The summed E-state index contributed by atoms with van der Waals surface area (Å²) in [5.74, 6) is -1.15. The SMILES string of the molecule is CC1(C(=O)O)CCCN1S(N)(=O)=O. The maximum atomic E-state index is 11.0. The number of aliphatic carboxylic acids is 1. The molecule has 0 aromatic carbocycles. The second-order valence-electron chi connectivity index (χ2n) is 3.30. The van der Waals surface area contributed by atoms with E-state index in [9.17, 15) is 13.2 Å². The monoisotopic (exact) mass is 208 g/mol. The standard InChI is InChI=1S/C6H12N2O4S/c1-6(5(9)10)3-2-4-8(6)13(7,11)12/h2-4H2,1H3,(H,9,10)(H2,7,11,12). The van der Waals surface area contributed by atoms with Gasteiger partial charge in [0.1, 0.15) is 5.54 Å². The van der Waals surface area contributed by atoms with Crippen LogP contribution in [-0.4, -0.2) is 35.9 Å². The number of nitrogens with two attached hydrogens (primary N) is 1. The van der Waals surface area contributed by atoms with E-state index in [2.05, 4.69) is 0 Å². The molecule has 7 heteroatoms. The normalized spacial score (nSPS) is 30.6. The molecule has 0 radical (unpaired) electrons. The van der Waals surface area contributed by atoms with Crippen LogP contribution in [0.3, 0.4) is 0 Å². The van der Waals surface area contributed by atoms with Crippen LogP contribution in [-0.2, 0) is 15.0 Å². The zero-order valence-electron chi connectivity index (χ0n) is 7.23. The Morgan fingerprint density at radius 2 is 2.15 bits per heavy atom. The first-order valence-corrected chi connectivity index (χ1v) is 5.33. The van der Waals surface area contributed by atoms with E-state index in [0.29, 0.717) is 12.8 Å². The van der Waals surface area contributed by atoms with Crippen LogP contribution in [0.25, 0.3) is 0 Å². The number of rotatable bonds is 2. The van der Waals surface area contributed by atoms with Crippen LogP contribution in [0.15, 0.2) is 0 Å². The molecule has 0 bridgehead atoms. The molecule has 0 spiro atoms. The molecule has 0 amide bonds. The molecule has 1 aliphatic heterocycles. The van der Waals surface area contributed by atoms with E-state index in [1.54, 1.807) is 0 Å².